The number of rotatable bonds is 4. The molecule has 0 aromatic carbocycles. The first kappa shape index (κ1) is 12.1. The van der Waals surface area contributed by atoms with Crippen molar-refractivity contribution in [2.75, 3.05) is 13.4 Å². The lowest BCUT2D eigenvalue weighted by Gasteiger charge is -2.16. The van der Waals surface area contributed by atoms with Crippen LogP contribution >= 0.6 is 0 Å². The summed E-state index contributed by atoms with van der Waals surface area (Å²) in [6.45, 7) is 2.04. The maximum atomic E-state index is 11.2. The standard InChI is InChI=1S/C9H14N2O3S/c1-8-4-5-9(10-6-8)7-11(14-2)15(3,12)13/h4-6H,7H2,1-3H3. The predicted octanol–water partition coefficient (Wildman–Crippen LogP) is 0.713. The second-order valence-electron chi connectivity index (χ2n) is 3.23. The molecule has 1 heterocycles. The van der Waals surface area contributed by atoms with Crippen molar-refractivity contribution in [2.24, 2.45) is 0 Å². The van der Waals surface area contributed by atoms with E-state index in [9.17, 15) is 8.42 Å². The van der Waals surface area contributed by atoms with Gasteiger partial charge in [-0.05, 0) is 18.6 Å². The third-order valence-corrected chi connectivity index (χ3v) is 2.86. The molecular weight excluding hydrogens is 216 g/mol. The smallest absolute Gasteiger partial charge is 0.233 e. The summed E-state index contributed by atoms with van der Waals surface area (Å²) in [4.78, 5) is 8.85. The fraction of sp³-hybridized carbons (Fsp3) is 0.444. The monoisotopic (exact) mass is 230 g/mol. The van der Waals surface area contributed by atoms with Crippen LogP contribution in [0.2, 0.25) is 0 Å². The van der Waals surface area contributed by atoms with Crippen molar-refractivity contribution in [2.45, 2.75) is 13.5 Å². The molecule has 0 radical (unpaired) electrons. The van der Waals surface area contributed by atoms with Crippen LogP contribution in [0.25, 0.3) is 0 Å². The Bertz CT molecular complexity index is 413. The zero-order valence-electron chi connectivity index (χ0n) is 8.97. The first-order valence-electron chi connectivity index (χ1n) is 4.37. The van der Waals surface area contributed by atoms with Crippen LogP contribution < -0.4 is 0 Å². The maximum Gasteiger partial charge on any atom is 0.233 e. The lowest BCUT2D eigenvalue weighted by atomic mass is 10.3. The van der Waals surface area contributed by atoms with E-state index in [0.717, 1.165) is 16.3 Å². The molecule has 1 aromatic heterocycles. The Hall–Kier alpha value is -0.980. The second-order valence-corrected chi connectivity index (χ2v) is 5.11. The predicted molar refractivity (Wildman–Crippen MR) is 56.4 cm³/mol. The van der Waals surface area contributed by atoms with Crippen molar-refractivity contribution in [1.82, 2.24) is 9.45 Å². The van der Waals surface area contributed by atoms with Gasteiger partial charge in [-0.15, -0.1) is 0 Å². The lowest BCUT2D eigenvalue weighted by Crippen LogP contribution is -2.28. The van der Waals surface area contributed by atoms with E-state index < -0.39 is 10.0 Å². The van der Waals surface area contributed by atoms with Crippen molar-refractivity contribution < 1.29 is 13.3 Å². The Kier molecular flexibility index (Phi) is 3.78. The first-order valence-corrected chi connectivity index (χ1v) is 6.21. The molecule has 0 fully saturated rings. The molecule has 15 heavy (non-hydrogen) atoms. The number of hydroxylamine groups is 1. The van der Waals surface area contributed by atoms with Crippen molar-refractivity contribution in [3.8, 4) is 0 Å². The molecule has 84 valence electrons. The van der Waals surface area contributed by atoms with E-state index in [1.807, 2.05) is 13.0 Å². The molecule has 0 saturated heterocycles. The largest absolute Gasteiger partial charge is 0.287 e. The summed E-state index contributed by atoms with van der Waals surface area (Å²) in [7, 11) is -2.04. The van der Waals surface area contributed by atoms with E-state index in [1.54, 1.807) is 12.3 Å². The molecule has 0 N–H and O–H groups in total. The Morgan fingerprint density at radius 2 is 2.13 bits per heavy atom. The van der Waals surface area contributed by atoms with E-state index in [-0.39, 0.29) is 6.54 Å². The van der Waals surface area contributed by atoms with Crippen molar-refractivity contribution in [3.63, 3.8) is 0 Å². The molecule has 0 aliphatic rings. The van der Waals surface area contributed by atoms with Gasteiger partial charge in [0.2, 0.25) is 10.0 Å². The highest BCUT2D eigenvalue weighted by Gasteiger charge is 2.16. The molecule has 0 amide bonds. The third kappa shape index (κ3) is 3.58. The second kappa shape index (κ2) is 4.69. The van der Waals surface area contributed by atoms with Gasteiger partial charge >= 0.3 is 0 Å². The van der Waals surface area contributed by atoms with Gasteiger partial charge in [-0.1, -0.05) is 10.5 Å². The van der Waals surface area contributed by atoms with Crippen LogP contribution in [-0.4, -0.2) is 31.2 Å². The SMILES string of the molecule is CON(Cc1ccc(C)cn1)S(C)(=O)=O. The Morgan fingerprint density at radius 3 is 2.53 bits per heavy atom. The van der Waals surface area contributed by atoms with E-state index in [1.165, 1.54) is 7.11 Å². The topological polar surface area (TPSA) is 59.5 Å². The minimum atomic E-state index is -3.35. The Balaban J connectivity index is 2.80. The molecule has 5 nitrogen and oxygen atoms in total. The molecule has 0 spiro atoms. The summed E-state index contributed by atoms with van der Waals surface area (Å²) >= 11 is 0. The zero-order valence-corrected chi connectivity index (χ0v) is 9.78. The molecule has 0 unspecified atom stereocenters. The highest BCUT2D eigenvalue weighted by Crippen LogP contribution is 2.06. The van der Waals surface area contributed by atoms with Gasteiger partial charge in [0.1, 0.15) is 0 Å². The summed E-state index contributed by atoms with van der Waals surface area (Å²) in [5, 5.41) is 0. The molecule has 0 aliphatic carbocycles. The van der Waals surface area contributed by atoms with E-state index in [4.69, 9.17) is 4.84 Å². The van der Waals surface area contributed by atoms with Gasteiger partial charge in [0.15, 0.2) is 0 Å². The van der Waals surface area contributed by atoms with Gasteiger partial charge in [0, 0.05) is 6.20 Å². The number of aryl methyl sites for hydroxylation is 1. The Labute approximate surface area is 89.7 Å². The molecule has 1 aromatic rings. The van der Waals surface area contributed by atoms with E-state index >= 15 is 0 Å². The first-order chi connectivity index (χ1) is 6.93. The van der Waals surface area contributed by atoms with Gasteiger partial charge in [-0.25, -0.2) is 8.42 Å². The molecule has 0 aliphatic heterocycles. The highest BCUT2D eigenvalue weighted by molar-refractivity contribution is 7.88. The number of pyridine rings is 1. The average Bonchev–Trinajstić information content (AvgIpc) is 2.15. The number of aromatic nitrogens is 1. The lowest BCUT2D eigenvalue weighted by molar-refractivity contribution is -0.0557. The van der Waals surface area contributed by atoms with Crippen LogP contribution in [0.15, 0.2) is 18.3 Å². The van der Waals surface area contributed by atoms with Crippen molar-refractivity contribution in [1.29, 1.82) is 0 Å². The molecule has 1 rings (SSSR count). The van der Waals surface area contributed by atoms with Gasteiger partial charge < -0.3 is 0 Å². The van der Waals surface area contributed by atoms with Crippen LogP contribution in [0.3, 0.4) is 0 Å². The van der Waals surface area contributed by atoms with Crippen LogP contribution in [0, 0.1) is 6.92 Å². The van der Waals surface area contributed by atoms with Gasteiger partial charge in [-0.3, -0.25) is 9.82 Å². The van der Waals surface area contributed by atoms with Crippen LogP contribution in [-0.2, 0) is 21.4 Å². The molecular formula is C9H14N2O3S. The minimum Gasteiger partial charge on any atom is -0.287 e. The quantitative estimate of drug-likeness (QED) is 0.715. The Morgan fingerprint density at radius 1 is 1.47 bits per heavy atom. The van der Waals surface area contributed by atoms with E-state index in [2.05, 4.69) is 4.98 Å². The number of sulfonamides is 1. The summed E-state index contributed by atoms with van der Waals surface area (Å²) in [5.74, 6) is 0. The van der Waals surface area contributed by atoms with Crippen LogP contribution in [0.1, 0.15) is 11.3 Å². The third-order valence-electron chi connectivity index (χ3n) is 1.84. The van der Waals surface area contributed by atoms with Crippen LogP contribution in [0.5, 0.6) is 0 Å². The normalized spacial score (nSPS) is 12.0. The molecule has 6 heteroatoms. The average molecular weight is 230 g/mol. The zero-order chi connectivity index (χ0) is 11.5. The van der Waals surface area contributed by atoms with Crippen LogP contribution in [0.4, 0.5) is 0 Å². The fourth-order valence-corrected chi connectivity index (χ4v) is 1.68. The summed E-state index contributed by atoms with van der Waals surface area (Å²) in [5.41, 5.74) is 1.68. The number of hydrogen-bond donors (Lipinski definition) is 0. The van der Waals surface area contributed by atoms with Gasteiger partial charge in [0.05, 0.1) is 25.6 Å². The minimum absolute atomic E-state index is 0.121. The summed E-state index contributed by atoms with van der Waals surface area (Å²) in [6, 6.07) is 3.64. The maximum absolute atomic E-state index is 11.2. The number of nitrogens with zero attached hydrogens (tertiary/aromatic N) is 2. The molecule has 0 bridgehead atoms. The fourth-order valence-electron chi connectivity index (χ4n) is 1.04. The van der Waals surface area contributed by atoms with Gasteiger partial charge in [0.25, 0.3) is 0 Å². The van der Waals surface area contributed by atoms with Gasteiger partial charge in [-0.2, -0.15) is 0 Å². The van der Waals surface area contributed by atoms with Crippen molar-refractivity contribution >= 4 is 10.0 Å². The van der Waals surface area contributed by atoms with Crippen molar-refractivity contribution in [3.05, 3.63) is 29.6 Å². The molecule has 0 saturated carbocycles. The highest BCUT2D eigenvalue weighted by atomic mass is 32.2. The summed E-state index contributed by atoms with van der Waals surface area (Å²) in [6.07, 6.45) is 2.77. The molecule has 0 atom stereocenters. The van der Waals surface area contributed by atoms with E-state index in [0.29, 0.717) is 5.69 Å². The number of hydrogen-bond acceptors (Lipinski definition) is 4. The summed E-state index contributed by atoms with van der Waals surface area (Å²) < 4.78 is 23.3.